The highest BCUT2D eigenvalue weighted by molar-refractivity contribution is 6.28. The van der Waals surface area contributed by atoms with Crippen LogP contribution in [-0.2, 0) is 0 Å². The molecule has 0 saturated heterocycles. The minimum atomic E-state index is -0.905. The van der Waals surface area contributed by atoms with Gasteiger partial charge in [0.2, 0.25) is 5.28 Å². The fraction of sp³-hybridized carbons (Fsp3) is 0. The Bertz CT molecular complexity index is 832. The first-order chi connectivity index (χ1) is 10.9. The maximum Gasteiger partial charge on any atom is 0.226 e. The van der Waals surface area contributed by atoms with E-state index in [1.54, 1.807) is 0 Å². The molecule has 0 spiro atoms. The molecule has 0 amide bonds. The molecule has 0 N–H and O–H groups in total. The first-order valence-corrected chi connectivity index (χ1v) is 6.64. The summed E-state index contributed by atoms with van der Waals surface area (Å²) in [5.74, 6) is -3.73. The van der Waals surface area contributed by atoms with Crippen molar-refractivity contribution in [2.45, 2.75) is 0 Å². The van der Waals surface area contributed by atoms with Gasteiger partial charge in [0.05, 0.1) is 11.1 Å². The summed E-state index contributed by atoms with van der Waals surface area (Å²) in [5, 5.41) is -0.308. The van der Waals surface area contributed by atoms with Crippen LogP contribution in [0.4, 0.5) is 17.6 Å². The second-order valence-corrected chi connectivity index (χ2v) is 4.84. The summed E-state index contributed by atoms with van der Waals surface area (Å²) in [7, 11) is 0. The van der Waals surface area contributed by atoms with Gasteiger partial charge in [-0.2, -0.15) is 9.97 Å². The molecular formula is C15H6ClF4N3. The van der Waals surface area contributed by atoms with Crippen molar-refractivity contribution in [2.75, 3.05) is 0 Å². The van der Waals surface area contributed by atoms with E-state index in [0.717, 1.165) is 24.3 Å². The minimum Gasteiger partial charge on any atom is -0.208 e. The lowest BCUT2D eigenvalue weighted by Crippen LogP contribution is -2.00. The maximum absolute atomic E-state index is 13.8. The Kier molecular flexibility index (Phi) is 3.96. The van der Waals surface area contributed by atoms with E-state index >= 15 is 0 Å². The summed E-state index contributed by atoms with van der Waals surface area (Å²) in [5.41, 5.74) is -0.251. The van der Waals surface area contributed by atoms with Crippen molar-refractivity contribution >= 4 is 11.6 Å². The maximum atomic E-state index is 13.8. The van der Waals surface area contributed by atoms with Crippen LogP contribution < -0.4 is 0 Å². The highest BCUT2D eigenvalue weighted by atomic mass is 35.5. The molecule has 0 fully saturated rings. The normalized spacial score (nSPS) is 10.8. The lowest BCUT2D eigenvalue weighted by Gasteiger charge is -2.06. The average molecular weight is 340 g/mol. The summed E-state index contributed by atoms with van der Waals surface area (Å²) in [6, 6.07) is 5.61. The second-order valence-electron chi connectivity index (χ2n) is 4.50. The van der Waals surface area contributed by atoms with Crippen LogP contribution in [0.2, 0.25) is 5.28 Å². The third kappa shape index (κ3) is 3.14. The first-order valence-electron chi connectivity index (χ1n) is 6.26. The predicted octanol–water partition coefficient (Wildman–Crippen LogP) is 4.42. The Hall–Kier alpha value is -2.54. The molecule has 3 aromatic rings. The Morgan fingerprint density at radius 1 is 0.652 bits per heavy atom. The molecule has 116 valence electrons. The van der Waals surface area contributed by atoms with E-state index in [9.17, 15) is 17.6 Å². The van der Waals surface area contributed by atoms with Crippen LogP contribution in [0.25, 0.3) is 22.8 Å². The summed E-state index contributed by atoms with van der Waals surface area (Å²) in [6.45, 7) is 0. The van der Waals surface area contributed by atoms with Crippen molar-refractivity contribution in [3.05, 3.63) is 65.0 Å². The first kappa shape index (κ1) is 15.4. The van der Waals surface area contributed by atoms with E-state index in [1.807, 2.05) is 0 Å². The van der Waals surface area contributed by atoms with E-state index in [0.29, 0.717) is 12.1 Å². The topological polar surface area (TPSA) is 38.7 Å². The molecule has 0 atom stereocenters. The van der Waals surface area contributed by atoms with Gasteiger partial charge in [0.1, 0.15) is 23.3 Å². The lowest BCUT2D eigenvalue weighted by molar-refractivity contribution is 0.584. The fourth-order valence-electron chi connectivity index (χ4n) is 1.93. The van der Waals surface area contributed by atoms with Crippen molar-refractivity contribution < 1.29 is 17.6 Å². The molecular weight excluding hydrogens is 334 g/mol. The Morgan fingerprint density at radius 2 is 1.09 bits per heavy atom. The number of aromatic nitrogens is 3. The summed E-state index contributed by atoms with van der Waals surface area (Å²) < 4.78 is 53.6. The van der Waals surface area contributed by atoms with Gasteiger partial charge in [0, 0.05) is 12.1 Å². The number of rotatable bonds is 2. The molecule has 0 aliphatic rings. The monoisotopic (exact) mass is 339 g/mol. The molecule has 3 rings (SSSR count). The summed E-state index contributed by atoms with van der Waals surface area (Å²) in [6.07, 6.45) is 0. The molecule has 0 radical (unpaired) electrons. The van der Waals surface area contributed by atoms with Gasteiger partial charge in [-0.3, -0.25) is 0 Å². The molecule has 0 unspecified atom stereocenters. The van der Waals surface area contributed by atoms with Crippen molar-refractivity contribution in [1.82, 2.24) is 15.0 Å². The number of benzene rings is 2. The largest absolute Gasteiger partial charge is 0.226 e. The molecule has 3 nitrogen and oxygen atoms in total. The van der Waals surface area contributed by atoms with Crippen molar-refractivity contribution in [3.63, 3.8) is 0 Å². The zero-order valence-corrected chi connectivity index (χ0v) is 12.0. The highest BCUT2D eigenvalue weighted by Crippen LogP contribution is 2.26. The van der Waals surface area contributed by atoms with Crippen LogP contribution in [-0.4, -0.2) is 15.0 Å². The number of nitrogens with zero attached hydrogens (tertiary/aromatic N) is 3. The highest BCUT2D eigenvalue weighted by Gasteiger charge is 2.16. The number of hydrogen-bond acceptors (Lipinski definition) is 3. The predicted molar refractivity (Wildman–Crippen MR) is 75.5 cm³/mol. The van der Waals surface area contributed by atoms with Gasteiger partial charge in [0.25, 0.3) is 0 Å². The van der Waals surface area contributed by atoms with Crippen LogP contribution in [0.1, 0.15) is 0 Å². The standard InChI is InChI=1S/C15H6ClF4N3/c16-15-22-13(9-3-1-7(17)5-11(9)19)21-14(23-15)10-4-2-8(18)6-12(10)20/h1-6H. The van der Waals surface area contributed by atoms with Gasteiger partial charge < -0.3 is 0 Å². The molecule has 0 bridgehead atoms. The van der Waals surface area contributed by atoms with Crippen LogP contribution in [0.15, 0.2) is 36.4 Å². The lowest BCUT2D eigenvalue weighted by atomic mass is 10.1. The SMILES string of the molecule is Fc1ccc(-c2nc(Cl)nc(-c3ccc(F)cc3F)n2)c(F)c1. The van der Waals surface area contributed by atoms with E-state index in [-0.39, 0.29) is 28.1 Å². The van der Waals surface area contributed by atoms with Crippen LogP contribution >= 0.6 is 11.6 Å². The molecule has 0 aliphatic carbocycles. The molecule has 23 heavy (non-hydrogen) atoms. The van der Waals surface area contributed by atoms with E-state index in [2.05, 4.69) is 15.0 Å². The van der Waals surface area contributed by atoms with E-state index in [4.69, 9.17) is 11.6 Å². The molecule has 1 aromatic heterocycles. The zero-order chi connectivity index (χ0) is 16.6. The third-order valence-corrected chi connectivity index (χ3v) is 3.12. The van der Waals surface area contributed by atoms with E-state index < -0.39 is 23.3 Å². The van der Waals surface area contributed by atoms with Crippen LogP contribution in [0.3, 0.4) is 0 Å². The Labute approximate surface area is 132 Å². The van der Waals surface area contributed by atoms with Gasteiger partial charge in [-0.15, -0.1) is 0 Å². The average Bonchev–Trinajstić information content (AvgIpc) is 2.46. The van der Waals surface area contributed by atoms with Gasteiger partial charge in [-0.05, 0) is 35.9 Å². The molecule has 8 heteroatoms. The van der Waals surface area contributed by atoms with Gasteiger partial charge in [0.15, 0.2) is 11.6 Å². The summed E-state index contributed by atoms with van der Waals surface area (Å²) in [4.78, 5) is 11.4. The molecule has 1 heterocycles. The fourth-order valence-corrected chi connectivity index (χ4v) is 2.09. The minimum absolute atomic E-state index is 0.125. The van der Waals surface area contributed by atoms with E-state index in [1.165, 1.54) is 0 Å². The quantitative estimate of drug-likeness (QED) is 0.649. The summed E-state index contributed by atoms with van der Waals surface area (Å²) >= 11 is 5.76. The third-order valence-electron chi connectivity index (χ3n) is 2.95. The number of halogens is 5. The second kappa shape index (κ2) is 5.92. The van der Waals surface area contributed by atoms with Crippen molar-refractivity contribution in [1.29, 1.82) is 0 Å². The van der Waals surface area contributed by atoms with Gasteiger partial charge in [-0.1, -0.05) is 0 Å². The smallest absolute Gasteiger partial charge is 0.208 e. The van der Waals surface area contributed by atoms with Crippen LogP contribution in [0.5, 0.6) is 0 Å². The van der Waals surface area contributed by atoms with Gasteiger partial charge >= 0.3 is 0 Å². The molecule has 0 saturated carbocycles. The van der Waals surface area contributed by atoms with Crippen LogP contribution in [0, 0.1) is 23.3 Å². The Balaban J connectivity index is 2.16. The molecule has 2 aromatic carbocycles. The van der Waals surface area contributed by atoms with Crippen molar-refractivity contribution in [2.24, 2.45) is 0 Å². The number of hydrogen-bond donors (Lipinski definition) is 0. The Morgan fingerprint density at radius 3 is 1.48 bits per heavy atom. The zero-order valence-electron chi connectivity index (χ0n) is 11.2. The molecule has 0 aliphatic heterocycles. The van der Waals surface area contributed by atoms with Gasteiger partial charge in [-0.25, -0.2) is 22.5 Å². The van der Waals surface area contributed by atoms with Crippen molar-refractivity contribution in [3.8, 4) is 22.8 Å².